The quantitative estimate of drug-likeness (QED) is 0.758. The molecule has 0 saturated carbocycles. The van der Waals surface area contributed by atoms with E-state index in [-0.39, 0.29) is 5.41 Å². The van der Waals surface area contributed by atoms with Crippen molar-refractivity contribution in [3.63, 3.8) is 0 Å². The van der Waals surface area contributed by atoms with Crippen LogP contribution in [0, 0.1) is 5.92 Å². The van der Waals surface area contributed by atoms with Crippen LogP contribution < -0.4 is 0 Å². The molecule has 0 aromatic carbocycles. The molecule has 0 spiro atoms. The van der Waals surface area contributed by atoms with Gasteiger partial charge in [0.15, 0.2) is 0 Å². The Bertz CT molecular complexity index is 293. The van der Waals surface area contributed by atoms with Crippen molar-refractivity contribution in [2.75, 3.05) is 0 Å². The Hall–Kier alpha value is -0.920. The summed E-state index contributed by atoms with van der Waals surface area (Å²) in [5.74, 6) is 1.69. The van der Waals surface area contributed by atoms with Crippen molar-refractivity contribution in [3.8, 4) is 0 Å². The molecule has 0 aliphatic carbocycles. The van der Waals surface area contributed by atoms with Gasteiger partial charge in [-0.2, -0.15) is 0 Å². The highest BCUT2D eigenvalue weighted by Gasteiger charge is 2.14. The van der Waals surface area contributed by atoms with Gasteiger partial charge in [-0.3, -0.25) is 0 Å². The Morgan fingerprint density at radius 2 is 1.67 bits per heavy atom. The summed E-state index contributed by atoms with van der Waals surface area (Å²) in [6.07, 6.45) is 6.07. The van der Waals surface area contributed by atoms with Crippen LogP contribution in [0.3, 0.4) is 0 Å². The number of hydrogen-bond acceptors (Lipinski definition) is 2. The fraction of sp³-hybridized carbons (Fsp3) is 0.692. The van der Waals surface area contributed by atoms with Crippen LogP contribution in [0.2, 0.25) is 0 Å². The van der Waals surface area contributed by atoms with Crippen LogP contribution in [-0.2, 0) is 11.8 Å². The normalized spacial score (nSPS) is 12.1. The molecule has 1 heterocycles. The Balaban J connectivity index is 2.65. The molecule has 1 rings (SSSR count). The van der Waals surface area contributed by atoms with Crippen LogP contribution in [0.25, 0.3) is 0 Å². The van der Waals surface area contributed by atoms with Crippen molar-refractivity contribution >= 4 is 0 Å². The molecular weight excluding hydrogens is 184 g/mol. The predicted octanol–water partition coefficient (Wildman–Crippen LogP) is 3.36. The lowest BCUT2D eigenvalue weighted by molar-refractivity contribution is 0.563. The molecule has 15 heavy (non-hydrogen) atoms. The van der Waals surface area contributed by atoms with Crippen molar-refractivity contribution in [1.82, 2.24) is 9.97 Å². The largest absolute Gasteiger partial charge is 0.241 e. The average Bonchev–Trinajstić information content (AvgIpc) is 2.14. The summed E-state index contributed by atoms with van der Waals surface area (Å²) in [7, 11) is 0. The molecule has 0 bridgehead atoms. The van der Waals surface area contributed by atoms with Gasteiger partial charge in [0.05, 0.1) is 0 Å². The van der Waals surface area contributed by atoms with Gasteiger partial charge in [-0.25, -0.2) is 9.97 Å². The third-order valence-electron chi connectivity index (χ3n) is 2.52. The molecule has 0 aliphatic rings. The van der Waals surface area contributed by atoms with Gasteiger partial charge in [0.2, 0.25) is 0 Å². The summed E-state index contributed by atoms with van der Waals surface area (Å²) < 4.78 is 0. The van der Waals surface area contributed by atoms with Crippen LogP contribution in [0.1, 0.15) is 52.4 Å². The standard InChI is InChI=1S/C13H22N2/c1-10(2)6-7-12-14-8-11(9-15-12)13(3,4)5/h8-10H,6-7H2,1-5H3. The Labute approximate surface area is 93.2 Å². The molecule has 84 valence electrons. The summed E-state index contributed by atoms with van der Waals surface area (Å²) in [5.41, 5.74) is 1.35. The first-order chi connectivity index (χ1) is 6.89. The summed E-state index contributed by atoms with van der Waals surface area (Å²) in [5, 5.41) is 0. The summed E-state index contributed by atoms with van der Waals surface area (Å²) in [6.45, 7) is 11.0. The minimum atomic E-state index is 0.149. The number of hydrogen-bond donors (Lipinski definition) is 0. The molecule has 0 aliphatic heterocycles. The lowest BCUT2D eigenvalue weighted by Crippen LogP contribution is -2.12. The van der Waals surface area contributed by atoms with Gasteiger partial charge in [0.1, 0.15) is 5.82 Å². The van der Waals surface area contributed by atoms with Crippen LogP contribution in [0.15, 0.2) is 12.4 Å². The number of nitrogens with zero attached hydrogens (tertiary/aromatic N) is 2. The van der Waals surface area contributed by atoms with Gasteiger partial charge in [0, 0.05) is 18.8 Å². The van der Waals surface area contributed by atoms with E-state index in [2.05, 4.69) is 44.6 Å². The van der Waals surface area contributed by atoms with E-state index >= 15 is 0 Å². The van der Waals surface area contributed by atoms with Crippen LogP contribution >= 0.6 is 0 Å². The molecule has 1 aromatic heterocycles. The Morgan fingerprint density at radius 1 is 1.13 bits per heavy atom. The van der Waals surface area contributed by atoms with E-state index in [1.165, 1.54) is 5.56 Å². The van der Waals surface area contributed by atoms with E-state index in [4.69, 9.17) is 0 Å². The molecule has 2 nitrogen and oxygen atoms in total. The SMILES string of the molecule is CC(C)CCc1ncc(C(C)(C)C)cn1. The molecule has 0 amide bonds. The summed E-state index contributed by atoms with van der Waals surface area (Å²) in [4.78, 5) is 8.81. The number of aryl methyl sites for hydroxylation is 1. The van der Waals surface area contributed by atoms with Gasteiger partial charge >= 0.3 is 0 Å². The minimum Gasteiger partial charge on any atom is -0.241 e. The maximum Gasteiger partial charge on any atom is 0.128 e. The van der Waals surface area contributed by atoms with Crippen LogP contribution in [0.4, 0.5) is 0 Å². The maximum absolute atomic E-state index is 4.41. The zero-order chi connectivity index (χ0) is 11.5. The van der Waals surface area contributed by atoms with Crippen LogP contribution in [0.5, 0.6) is 0 Å². The van der Waals surface area contributed by atoms with Gasteiger partial charge in [-0.1, -0.05) is 34.6 Å². The molecule has 0 unspecified atom stereocenters. The minimum absolute atomic E-state index is 0.149. The van der Waals surface area contributed by atoms with Crippen molar-refractivity contribution in [2.45, 2.75) is 52.9 Å². The van der Waals surface area contributed by atoms with E-state index < -0.39 is 0 Å². The molecule has 1 aromatic rings. The second kappa shape index (κ2) is 4.73. The molecular formula is C13H22N2. The number of rotatable bonds is 3. The lowest BCUT2D eigenvalue weighted by Gasteiger charge is -2.17. The van der Waals surface area contributed by atoms with E-state index in [1.807, 2.05) is 12.4 Å². The highest BCUT2D eigenvalue weighted by Crippen LogP contribution is 2.20. The first kappa shape index (κ1) is 12.2. The molecule has 0 atom stereocenters. The third kappa shape index (κ3) is 3.98. The smallest absolute Gasteiger partial charge is 0.128 e. The van der Waals surface area contributed by atoms with Gasteiger partial charge < -0.3 is 0 Å². The second-order valence-electron chi connectivity index (χ2n) is 5.57. The summed E-state index contributed by atoms with van der Waals surface area (Å²) >= 11 is 0. The average molecular weight is 206 g/mol. The Kier molecular flexibility index (Phi) is 3.83. The molecule has 2 heteroatoms. The molecule has 0 fully saturated rings. The topological polar surface area (TPSA) is 25.8 Å². The van der Waals surface area contributed by atoms with Crippen molar-refractivity contribution < 1.29 is 0 Å². The zero-order valence-corrected chi connectivity index (χ0v) is 10.5. The van der Waals surface area contributed by atoms with E-state index in [0.29, 0.717) is 0 Å². The third-order valence-corrected chi connectivity index (χ3v) is 2.52. The Morgan fingerprint density at radius 3 is 2.07 bits per heavy atom. The molecule has 0 saturated heterocycles. The van der Waals surface area contributed by atoms with Gasteiger partial charge in [-0.15, -0.1) is 0 Å². The second-order valence-corrected chi connectivity index (χ2v) is 5.57. The van der Waals surface area contributed by atoms with Crippen LogP contribution in [-0.4, -0.2) is 9.97 Å². The van der Waals surface area contributed by atoms with E-state index in [0.717, 1.165) is 24.6 Å². The lowest BCUT2D eigenvalue weighted by atomic mass is 9.89. The molecule has 0 radical (unpaired) electrons. The number of aromatic nitrogens is 2. The van der Waals surface area contributed by atoms with Crippen molar-refractivity contribution in [3.05, 3.63) is 23.8 Å². The van der Waals surface area contributed by atoms with Crippen molar-refractivity contribution in [1.29, 1.82) is 0 Å². The highest BCUT2D eigenvalue weighted by molar-refractivity contribution is 5.15. The predicted molar refractivity (Wildman–Crippen MR) is 63.9 cm³/mol. The fourth-order valence-corrected chi connectivity index (χ4v) is 1.29. The first-order valence-electron chi connectivity index (χ1n) is 5.71. The van der Waals surface area contributed by atoms with E-state index in [9.17, 15) is 0 Å². The monoisotopic (exact) mass is 206 g/mol. The van der Waals surface area contributed by atoms with Gasteiger partial charge in [-0.05, 0) is 23.3 Å². The highest BCUT2D eigenvalue weighted by atomic mass is 14.9. The summed E-state index contributed by atoms with van der Waals surface area (Å²) in [6, 6.07) is 0. The zero-order valence-electron chi connectivity index (χ0n) is 10.5. The van der Waals surface area contributed by atoms with E-state index in [1.54, 1.807) is 0 Å². The fourth-order valence-electron chi connectivity index (χ4n) is 1.29. The maximum atomic E-state index is 4.41. The first-order valence-corrected chi connectivity index (χ1v) is 5.71. The molecule has 0 N–H and O–H groups in total. The van der Waals surface area contributed by atoms with Gasteiger partial charge in [0.25, 0.3) is 0 Å². The van der Waals surface area contributed by atoms with Crippen molar-refractivity contribution in [2.24, 2.45) is 5.92 Å².